The van der Waals surface area contributed by atoms with Crippen LogP contribution >= 0.6 is 0 Å². The number of nitrogens with one attached hydrogen (secondary N) is 1. The van der Waals surface area contributed by atoms with Crippen molar-refractivity contribution in [3.63, 3.8) is 0 Å². The summed E-state index contributed by atoms with van der Waals surface area (Å²) < 4.78 is 18.4. The van der Waals surface area contributed by atoms with Gasteiger partial charge in [-0.2, -0.15) is 0 Å². The minimum Gasteiger partial charge on any atom is -0.497 e. The fourth-order valence-electron chi connectivity index (χ4n) is 2.84. The van der Waals surface area contributed by atoms with Gasteiger partial charge in [-0.25, -0.2) is 4.39 Å². The molecule has 0 fully saturated rings. The highest BCUT2D eigenvalue weighted by Crippen LogP contribution is 2.21. The van der Waals surface area contributed by atoms with Gasteiger partial charge >= 0.3 is 0 Å². The first-order valence-corrected chi connectivity index (χ1v) is 8.71. The Kier molecular flexibility index (Phi) is 6.15. The Morgan fingerprint density at radius 2 is 1.81 bits per heavy atom. The number of nitrogens with zero attached hydrogens (tertiary/aromatic N) is 1. The van der Waals surface area contributed by atoms with Gasteiger partial charge in [-0.3, -0.25) is 9.78 Å². The van der Waals surface area contributed by atoms with Crippen LogP contribution in [0.1, 0.15) is 22.7 Å². The number of carbonyl (C=O) groups excluding carboxylic acids is 1. The number of hydrogen-bond acceptors (Lipinski definition) is 3. The summed E-state index contributed by atoms with van der Waals surface area (Å²) in [5.41, 5.74) is 2.54. The second-order valence-electron chi connectivity index (χ2n) is 6.20. The Morgan fingerprint density at radius 1 is 1.07 bits per heavy atom. The molecular weight excluding hydrogens is 343 g/mol. The molecule has 1 unspecified atom stereocenters. The summed E-state index contributed by atoms with van der Waals surface area (Å²) in [5.74, 6) is -0.125. The molecule has 1 atom stereocenters. The number of hydrogen-bond donors (Lipinski definition) is 1. The summed E-state index contributed by atoms with van der Waals surface area (Å²) in [5, 5.41) is 2.97. The molecule has 0 aliphatic carbocycles. The Bertz CT molecular complexity index is 865. The Morgan fingerprint density at radius 3 is 2.44 bits per heavy atom. The third kappa shape index (κ3) is 5.14. The van der Waals surface area contributed by atoms with Crippen LogP contribution in [0.5, 0.6) is 5.75 Å². The van der Waals surface area contributed by atoms with Crippen LogP contribution in [0.15, 0.2) is 72.9 Å². The van der Waals surface area contributed by atoms with Crippen LogP contribution in [0.3, 0.4) is 0 Å². The predicted octanol–water partition coefficient (Wildman–Crippen LogP) is 3.87. The van der Waals surface area contributed by atoms with Gasteiger partial charge in [-0.1, -0.05) is 30.3 Å². The largest absolute Gasteiger partial charge is 0.497 e. The highest BCUT2D eigenvalue weighted by Gasteiger charge is 2.21. The second-order valence-corrected chi connectivity index (χ2v) is 6.20. The summed E-state index contributed by atoms with van der Waals surface area (Å²) in [7, 11) is 1.61. The van der Waals surface area contributed by atoms with Gasteiger partial charge in [-0.15, -0.1) is 0 Å². The van der Waals surface area contributed by atoms with Crippen molar-refractivity contribution in [1.82, 2.24) is 10.3 Å². The number of pyridine rings is 1. The van der Waals surface area contributed by atoms with E-state index in [1.54, 1.807) is 25.4 Å². The van der Waals surface area contributed by atoms with Crippen LogP contribution in [0.25, 0.3) is 0 Å². The van der Waals surface area contributed by atoms with E-state index in [-0.39, 0.29) is 11.7 Å². The van der Waals surface area contributed by atoms with Crippen molar-refractivity contribution < 1.29 is 13.9 Å². The Balaban J connectivity index is 1.74. The highest BCUT2D eigenvalue weighted by molar-refractivity contribution is 5.83. The van der Waals surface area contributed by atoms with E-state index in [2.05, 4.69) is 10.3 Å². The summed E-state index contributed by atoms with van der Waals surface area (Å²) in [6, 6.07) is 19.2. The van der Waals surface area contributed by atoms with E-state index in [1.807, 2.05) is 42.5 Å². The van der Waals surface area contributed by atoms with Gasteiger partial charge in [0.15, 0.2) is 0 Å². The lowest BCUT2D eigenvalue weighted by Crippen LogP contribution is -2.30. The summed E-state index contributed by atoms with van der Waals surface area (Å²) in [6.07, 6.45) is 2.15. The minimum atomic E-state index is -0.446. The van der Waals surface area contributed by atoms with Crippen LogP contribution in [-0.4, -0.2) is 18.0 Å². The van der Waals surface area contributed by atoms with Crippen molar-refractivity contribution in [2.45, 2.75) is 18.9 Å². The van der Waals surface area contributed by atoms with Crippen LogP contribution < -0.4 is 10.1 Å². The molecule has 2 aromatic carbocycles. The monoisotopic (exact) mass is 364 g/mol. The molecule has 0 radical (unpaired) electrons. The van der Waals surface area contributed by atoms with E-state index in [0.29, 0.717) is 13.0 Å². The highest BCUT2D eigenvalue weighted by atomic mass is 19.1. The lowest BCUT2D eigenvalue weighted by atomic mass is 9.93. The van der Waals surface area contributed by atoms with Gasteiger partial charge in [0.25, 0.3) is 0 Å². The Labute approximate surface area is 158 Å². The average molecular weight is 364 g/mol. The number of amides is 1. The third-order valence-electron chi connectivity index (χ3n) is 4.35. The maximum atomic E-state index is 13.3. The quantitative estimate of drug-likeness (QED) is 0.692. The van der Waals surface area contributed by atoms with Crippen molar-refractivity contribution in [3.05, 3.63) is 95.6 Å². The second kappa shape index (κ2) is 8.94. The number of methoxy groups -OCH3 is 1. The van der Waals surface area contributed by atoms with E-state index in [0.717, 1.165) is 22.6 Å². The third-order valence-corrected chi connectivity index (χ3v) is 4.35. The molecule has 3 rings (SSSR count). The molecule has 0 spiro atoms. The first-order chi connectivity index (χ1) is 13.2. The first-order valence-electron chi connectivity index (χ1n) is 8.71. The lowest BCUT2D eigenvalue weighted by molar-refractivity contribution is -0.122. The van der Waals surface area contributed by atoms with Gasteiger partial charge in [-0.05, 0) is 47.5 Å². The zero-order valence-corrected chi connectivity index (χ0v) is 15.1. The molecule has 4 nitrogen and oxygen atoms in total. The minimum absolute atomic E-state index is 0.122. The van der Waals surface area contributed by atoms with Gasteiger partial charge in [0.05, 0.1) is 13.0 Å². The maximum Gasteiger partial charge on any atom is 0.228 e. The van der Waals surface area contributed by atoms with Crippen molar-refractivity contribution >= 4 is 5.91 Å². The molecule has 138 valence electrons. The van der Waals surface area contributed by atoms with E-state index in [9.17, 15) is 9.18 Å². The molecule has 0 aliphatic heterocycles. The lowest BCUT2D eigenvalue weighted by Gasteiger charge is -2.17. The molecule has 0 saturated carbocycles. The van der Waals surface area contributed by atoms with E-state index < -0.39 is 5.92 Å². The van der Waals surface area contributed by atoms with Crippen molar-refractivity contribution in [3.8, 4) is 5.75 Å². The maximum absolute atomic E-state index is 13.3. The van der Waals surface area contributed by atoms with Gasteiger partial charge in [0.1, 0.15) is 11.6 Å². The summed E-state index contributed by atoms with van der Waals surface area (Å²) in [4.78, 5) is 17.2. The van der Waals surface area contributed by atoms with E-state index in [1.165, 1.54) is 12.1 Å². The van der Waals surface area contributed by atoms with Crippen LogP contribution in [0.2, 0.25) is 0 Å². The normalized spacial score (nSPS) is 11.6. The Hall–Kier alpha value is -3.21. The fourth-order valence-corrected chi connectivity index (χ4v) is 2.84. The summed E-state index contributed by atoms with van der Waals surface area (Å²) in [6.45, 7) is 0.405. The van der Waals surface area contributed by atoms with Gasteiger partial charge in [0, 0.05) is 24.9 Å². The van der Waals surface area contributed by atoms with Crippen LogP contribution in [-0.2, 0) is 17.8 Å². The first kappa shape index (κ1) is 18.6. The zero-order valence-electron chi connectivity index (χ0n) is 15.1. The van der Waals surface area contributed by atoms with Crippen molar-refractivity contribution in [2.75, 3.05) is 7.11 Å². The molecule has 1 aromatic heterocycles. The zero-order chi connectivity index (χ0) is 19.1. The number of ether oxygens (including phenoxy) is 1. The molecule has 0 saturated heterocycles. The number of benzene rings is 2. The average Bonchev–Trinajstić information content (AvgIpc) is 2.72. The molecule has 0 bridgehead atoms. The summed E-state index contributed by atoms with van der Waals surface area (Å²) >= 11 is 0. The number of aromatic nitrogens is 1. The molecule has 1 N–H and O–H groups in total. The molecular formula is C22H21FN2O2. The van der Waals surface area contributed by atoms with E-state index >= 15 is 0 Å². The van der Waals surface area contributed by atoms with Crippen molar-refractivity contribution in [2.24, 2.45) is 0 Å². The van der Waals surface area contributed by atoms with Gasteiger partial charge in [0.2, 0.25) is 5.91 Å². The SMILES string of the molecule is COc1ccc(CNC(=O)C(Cc2ccccn2)c2ccc(F)cc2)cc1. The molecule has 27 heavy (non-hydrogen) atoms. The van der Waals surface area contributed by atoms with Gasteiger partial charge < -0.3 is 10.1 Å². The number of halogens is 1. The predicted molar refractivity (Wildman–Crippen MR) is 102 cm³/mol. The fraction of sp³-hybridized carbons (Fsp3) is 0.182. The van der Waals surface area contributed by atoms with E-state index in [4.69, 9.17) is 4.74 Å². The molecule has 0 aliphatic rings. The number of rotatable bonds is 7. The molecule has 1 heterocycles. The topological polar surface area (TPSA) is 51.2 Å². The molecule has 5 heteroatoms. The molecule has 1 amide bonds. The standard InChI is InChI=1S/C22H21FN2O2/c1-27-20-11-5-16(6-12-20)15-25-22(26)21(14-19-4-2-3-13-24-19)17-7-9-18(23)10-8-17/h2-13,21H,14-15H2,1H3,(H,25,26). The number of carbonyl (C=O) groups is 1. The van der Waals surface area contributed by atoms with Crippen molar-refractivity contribution in [1.29, 1.82) is 0 Å². The van der Waals surface area contributed by atoms with Crippen LogP contribution in [0, 0.1) is 5.82 Å². The smallest absolute Gasteiger partial charge is 0.228 e. The van der Waals surface area contributed by atoms with Crippen LogP contribution in [0.4, 0.5) is 4.39 Å². The molecule has 3 aromatic rings.